The molecule has 0 amide bonds. The maximum atomic E-state index is 12.6. The monoisotopic (exact) mass is 639 g/mol. The van der Waals surface area contributed by atoms with Crippen LogP contribution in [0.15, 0.2) is 0 Å². The van der Waals surface area contributed by atoms with Crippen LogP contribution < -0.4 is 0 Å². The van der Waals surface area contributed by atoms with Crippen LogP contribution in [-0.4, -0.2) is 37.2 Å². The van der Waals surface area contributed by atoms with Crippen molar-refractivity contribution in [2.75, 3.05) is 13.2 Å². The molecular formula is C39H74O6. The lowest BCUT2D eigenvalue weighted by atomic mass is 10.0. The minimum absolute atomic E-state index is 0.0667. The van der Waals surface area contributed by atoms with Crippen LogP contribution in [0.4, 0.5) is 0 Å². The van der Waals surface area contributed by atoms with Crippen molar-refractivity contribution in [2.24, 2.45) is 5.92 Å². The van der Waals surface area contributed by atoms with Gasteiger partial charge in [-0.1, -0.05) is 169 Å². The Balaban J connectivity index is 4.20. The van der Waals surface area contributed by atoms with E-state index in [1.54, 1.807) is 0 Å². The summed E-state index contributed by atoms with van der Waals surface area (Å²) >= 11 is 0. The van der Waals surface area contributed by atoms with Gasteiger partial charge in [-0.15, -0.1) is 0 Å². The number of carbonyl (C=O) groups is 3. The van der Waals surface area contributed by atoms with Gasteiger partial charge >= 0.3 is 17.9 Å². The maximum Gasteiger partial charge on any atom is 0.306 e. The average molecular weight is 639 g/mol. The molecule has 1 atom stereocenters. The summed E-state index contributed by atoms with van der Waals surface area (Å²) in [4.78, 5) is 37.1. The number of unbranched alkanes of at least 4 members (excludes halogenated alkanes) is 21. The zero-order valence-corrected chi connectivity index (χ0v) is 30.3. The van der Waals surface area contributed by atoms with Crippen molar-refractivity contribution < 1.29 is 28.6 Å². The Morgan fingerprint density at radius 2 is 0.733 bits per heavy atom. The number of hydrogen-bond acceptors (Lipinski definition) is 6. The second-order valence-corrected chi connectivity index (χ2v) is 13.7. The van der Waals surface area contributed by atoms with Gasteiger partial charge in [-0.05, 0) is 25.2 Å². The fraction of sp³-hybridized carbons (Fsp3) is 0.923. The number of rotatable bonds is 34. The Morgan fingerprint density at radius 3 is 1.09 bits per heavy atom. The third-order valence-electron chi connectivity index (χ3n) is 8.54. The Kier molecular flexibility index (Phi) is 32.6. The Labute approximate surface area is 278 Å². The van der Waals surface area contributed by atoms with E-state index in [1.807, 2.05) is 0 Å². The van der Waals surface area contributed by atoms with Gasteiger partial charge in [0, 0.05) is 19.3 Å². The molecule has 0 fully saturated rings. The molecule has 0 aliphatic carbocycles. The summed E-state index contributed by atoms with van der Waals surface area (Å²) in [7, 11) is 0. The number of hydrogen-bond donors (Lipinski definition) is 0. The first kappa shape index (κ1) is 43.4. The fourth-order valence-corrected chi connectivity index (χ4v) is 5.57. The summed E-state index contributed by atoms with van der Waals surface area (Å²) in [5.74, 6) is -0.0522. The molecular weight excluding hydrogens is 564 g/mol. The summed E-state index contributed by atoms with van der Waals surface area (Å²) in [5, 5.41) is 0. The lowest BCUT2D eigenvalue weighted by molar-refractivity contribution is -0.167. The first-order chi connectivity index (χ1) is 21.9. The normalized spacial score (nSPS) is 11.9. The van der Waals surface area contributed by atoms with Crippen molar-refractivity contribution in [1.82, 2.24) is 0 Å². The van der Waals surface area contributed by atoms with E-state index < -0.39 is 6.10 Å². The highest BCUT2D eigenvalue weighted by Crippen LogP contribution is 2.15. The fourth-order valence-electron chi connectivity index (χ4n) is 5.57. The van der Waals surface area contributed by atoms with Crippen LogP contribution in [0.25, 0.3) is 0 Å². The highest BCUT2D eigenvalue weighted by Gasteiger charge is 2.19. The molecule has 45 heavy (non-hydrogen) atoms. The molecule has 6 nitrogen and oxygen atoms in total. The summed E-state index contributed by atoms with van der Waals surface area (Å²) in [6.45, 7) is 8.85. The molecule has 0 aromatic heterocycles. The summed E-state index contributed by atoms with van der Waals surface area (Å²) in [6.07, 6.45) is 29.8. The van der Waals surface area contributed by atoms with Crippen molar-refractivity contribution >= 4 is 17.9 Å². The molecule has 0 rings (SSSR count). The SMILES string of the molecule is CCCCCCCCCC(=O)OC[C@H](COC(=O)CCCCCCC)OC(=O)CCCCCCCCCCCCCCC(C)C. The predicted molar refractivity (Wildman–Crippen MR) is 187 cm³/mol. The van der Waals surface area contributed by atoms with Crippen LogP contribution in [0.2, 0.25) is 0 Å². The molecule has 0 unspecified atom stereocenters. The Morgan fingerprint density at radius 1 is 0.422 bits per heavy atom. The predicted octanol–water partition coefficient (Wildman–Crippen LogP) is 11.6. The van der Waals surface area contributed by atoms with Gasteiger partial charge in [0.15, 0.2) is 6.10 Å². The van der Waals surface area contributed by atoms with Gasteiger partial charge in [0.2, 0.25) is 0 Å². The van der Waals surface area contributed by atoms with E-state index in [2.05, 4.69) is 27.7 Å². The lowest BCUT2D eigenvalue weighted by Gasteiger charge is -2.18. The van der Waals surface area contributed by atoms with Crippen LogP contribution in [0.5, 0.6) is 0 Å². The van der Waals surface area contributed by atoms with Gasteiger partial charge in [-0.25, -0.2) is 0 Å². The first-order valence-electron chi connectivity index (χ1n) is 19.4. The van der Waals surface area contributed by atoms with E-state index in [0.717, 1.165) is 70.1 Å². The zero-order valence-electron chi connectivity index (χ0n) is 30.3. The van der Waals surface area contributed by atoms with E-state index in [9.17, 15) is 14.4 Å². The molecule has 0 aromatic rings. The molecule has 0 aromatic carbocycles. The Hall–Kier alpha value is -1.59. The quantitative estimate of drug-likeness (QED) is 0.0396. The molecule has 0 bridgehead atoms. The second kappa shape index (κ2) is 33.8. The van der Waals surface area contributed by atoms with Gasteiger partial charge in [0.25, 0.3) is 0 Å². The molecule has 0 radical (unpaired) electrons. The molecule has 0 N–H and O–H groups in total. The van der Waals surface area contributed by atoms with Crippen molar-refractivity contribution in [3.63, 3.8) is 0 Å². The average Bonchev–Trinajstić information content (AvgIpc) is 3.01. The lowest BCUT2D eigenvalue weighted by Crippen LogP contribution is -2.30. The van der Waals surface area contributed by atoms with Crippen LogP contribution in [0.1, 0.15) is 207 Å². The van der Waals surface area contributed by atoms with Crippen LogP contribution >= 0.6 is 0 Å². The van der Waals surface area contributed by atoms with E-state index in [4.69, 9.17) is 14.2 Å². The number of carbonyl (C=O) groups excluding carboxylic acids is 3. The molecule has 0 aliphatic heterocycles. The van der Waals surface area contributed by atoms with E-state index in [-0.39, 0.29) is 31.1 Å². The minimum atomic E-state index is -0.755. The topological polar surface area (TPSA) is 78.9 Å². The zero-order chi connectivity index (χ0) is 33.2. The van der Waals surface area contributed by atoms with E-state index >= 15 is 0 Å². The minimum Gasteiger partial charge on any atom is -0.462 e. The van der Waals surface area contributed by atoms with Gasteiger partial charge in [-0.3, -0.25) is 14.4 Å². The molecule has 0 saturated heterocycles. The maximum absolute atomic E-state index is 12.6. The summed E-state index contributed by atoms with van der Waals surface area (Å²) in [5.41, 5.74) is 0. The van der Waals surface area contributed by atoms with E-state index in [0.29, 0.717) is 19.3 Å². The number of ether oxygens (including phenoxy) is 3. The van der Waals surface area contributed by atoms with Crippen molar-refractivity contribution in [1.29, 1.82) is 0 Å². The molecule has 6 heteroatoms. The molecule has 0 saturated carbocycles. The smallest absolute Gasteiger partial charge is 0.306 e. The first-order valence-corrected chi connectivity index (χ1v) is 19.4. The third-order valence-corrected chi connectivity index (χ3v) is 8.54. The Bertz CT molecular complexity index is 676. The largest absolute Gasteiger partial charge is 0.462 e. The molecule has 0 heterocycles. The van der Waals surface area contributed by atoms with Gasteiger partial charge in [0.1, 0.15) is 13.2 Å². The third kappa shape index (κ3) is 33.6. The second-order valence-electron chi connectivity index (χ2n) is 13.7. The standard InChI is InChI=1S/C39H74O6/c1-5-7-9-11-18-23-27-31-38(41)44-34-36(33-43-37(40)30-26-21-10-8-6-2)45-39(42)32-28-24-20-17-15-13-12-14-16-19-22-25-29-35(3)4/h35-36H,5-34H2,1-4H3/t36-/m0/s1. The summed E-state index contributed by atoms with van der Waals surface area (Å²) in [6, 6.07) is 0. The van der Waals surface area contributed by atoms with Crippen molar-refractivity contribution in [2.45, 2.75) is 214 Å². The molecule has 0 spiro atoms. The molecule has 266 valence electrons. The van der Waals surface area contributed by atoms with E-state index in [1.165, 1.54) is 96.3 Å². The van der Waals surface area contributed by atoms with Crippen LogP contribution in [0.3, 0.4) is 0 Å². The van der Waals surface area contributed by atoms with Gasteiger partial charge in [0.05, 0.1) is 0 Å². The van der Waals surface area contributed by atoms with Gasteiger partial charge in [-0.2, -0.15) is 0 Å². The molecule has 0 aliphatic rings. The van der Waals surface area contributed by atoms with Crippen LogP contribution in [-0.2, 0) is 28.6 Å². The highest BCUT2D eigenvalue weighted by molar-refractivity contribution is 5.71. The number of esters is 3. The summed E-state index contributed by atoms with van der Waals surface area (Å²) < 4.78 is 16.5. The van der Waals surface area contributed by atoms with Gasteiger partial charge < -0.3 is 14.2 Å². The van der Waals surface area contributed by atoms with Crippen LogP contribution in [0, 0.1) is 5.92 Å². The van der Waals surface area contributed by atoms with Crippen molar-refractivity contribution in [3.05, 3.63) is 0 Å². The van der Waals surface area contributed by atoms with Crippen molar-refractivity contribution in [3.8, 4) is 0 Å². The highest BCUT2D eigenvalue weighted by atomic mass is 16.6.